The second-order valence-corrected chi connectivity index (χ2v) is 15.8. The first-order chi connectivity index (χ1) is 16.1. The zero-order chi connectivity index (χ0) is 25.4. The number of carbonyl (C=O) groups excluding carboxylic acids is 1. The average Bonchev–Trinajstić information content (AvgIpc) is 3.48. The molecule has 0 unspecified atom stereocenters. The minimum absolute atomic E-state index is 0.00854. The van der Waals surface area contributed by atoms with Crippen LogP contribution in [0, 0.1) is 44.3 Å². The van der Waals surface area contributed by atoms with Gasteiger partial charge >= 0.3 is 5.97 Å². The van der Waals surface area contributed by atoms with E-state index in [0.717, 1.165) is 25.2 Å². The number of hydrogen-bond donors (Lipinski definition) is 0. The average molecular weight is 483 g/mol. The summed E-state index contributed by atoms with van der Waals surface area (Å²) in [5.41, 5.74) is 2.95. The fourth-order valence-corrected chi connectivity index (χ4v) is 11.6. The maximum absolute atomic E-state index is 11.9. The largest absolute Gasteiger partial charge is 0.462 e. The minimum atomic E-state index is -0.139. The summed E-state index contributed by atoms with van der Waals surface area (Å²) < 4.78 is 13.0. The van der Waals surface area contributed by atoms with Crippen molar-refractivity contribution >= 4 is 5.97 Å². The van der Waals surface area contributed by atoms with E-state index in [9.17, 15) is 4.79 Å². The highest BCUT2D eigenvalue weighted by Crippen LogP contribution is 2.82. The lowest BCUT2D eigenvalue weighted by molar-refractivity contribution is -0.204. The van der Waals surface area contributed by atoms with Crippen LogP contribution in [0.2, 0.25) is 0 Å². The Labute approximate surface area is 214 Å². The number of carbonyl (C=O) groups is 1. The van der Waals surface area contributed by atoms with E-state index in [-0.39, 0.29) is 39.3 Å². The van der Waals surface area contributed by atoms with E-state index in [1.807, 2.05) is 0 Å². The number of fused-ring (bicyclic) bond motifs is 5. The van der Waals surface area contributed by atoms with E-state index in [1.165, 1.54) is 38.5 Å². The fourth-order valence-electron chi connectivity index (χ4n) is 11.6. The van der Waals surface area contributed by atoms with Crippen LogP contribution in [0.1, 0.15) is 120 Å². The lowest BCUT2D eigenvalue weighted by Gasteiger charge is -2.71. The predicted octanol–water partition coefficient (Wildman–Crippen LogP) is 7.87. The normalized spacial score (nSPS) is 55.2. The highest BCUT2D eigenvalue weighted by molar-refractivity contribution is 5.66. The standard InChI is InChI=1S/C32H50O3/c1-20(33)34-24-13-15-28(6)21-12-16-30(8)22-11-10-14-26(2,3)29(22,7)17-18-31(30,9)32(21)25(35-32)19-23(28)27(24,4)5/h12,22-25H,10-11,13-19H2,1-9H3/t22-,23+,24+,25-,28-,29+,30+,31+,32+/m1/s1. The van der Waals surface area contributed by atoms with Gasteiger partial charge in [0, 0.05) is 17.8 Å². The Morgan fingerprint density at radius 2 is 1.63 bits per heavy atom. The summed E-state index contributed by atoms with van der Waals surface area (Å²) in [5, 5.41) is 0. The van der Waals surface area contributed by atoms with Gasteiger partial charge in [0.25, 0.3) is 0 Å². The van der Waals surface area contributed by atoms with Crippen molar-refractivity contribution in [2.24, 2.45) is 44.3 Å². The summed E-state index contributed by atoms with van der Waals surface area (Å²) in [6.45, 7) is 21.9. The molecule has 5 fully saturated rings. The van der Waals surface area contributed by atoms with Crippen LogP contribution >= 0.6 is 0 Å². The van der Waals surface area contributed by atoms with Gasteiger partial charge in [-0.05, 0) is 90.4 Å². The van der Waals surface area contributed by atoms with Gasteiger partial charge in [0.15, 0.2) is 0 Å². The lowest BCUT2D eigenvalue weighted by atomic mass is 9.32. The summed E-state index contributed by atoms with van der Waals surface area (Å²) in [6, 6.07) is 0. The summed E-state index contributed by atoms with van der Waals surface area (Å²) >= 11 is 0. The summed E-state index contributed by atoms with van der Waals surface area (Å²) in [5.74, 6) is 1.10. The molecule has 0 radical (unpaired) electrons. The monoisotopic (exact) mass is 482 g/mol. The molecule has 0 aromatic rings. The third kappa shape index (κ3) is 2.61. The molecule has 6 rings (SSSR count). The zero-order valence-corrected chi connectivity index (χ0v) is 24.0. The Bertz CT molecular complexity index is 993. The summed E-state index contributed by atoms with van der Waals surface area (Å²) in [4.78, 5) is 11.9. The number of epoxide rings is 1. The molecule has 35 heavy (non-hydrogen) atoms. The van der Waals surface area contributed by atoms with Gasteiger partial charge in [-0.15, -0.1) is 0 Å². The number of hydrogen-bond acceptors (Lipinski definition) is 3. The predicted molar refractivity (Wildman–Crippen MR) is 140 cm³/mol. The number of esters is 1. The van der Waals surface area contributed by atoms with Crippen LogP contribution in [-0.2, 0) is 14.3 Å². The van der Waals surface area contributed by atoms with Crippen LogP contribution in [0.4, 0.5) is 0 Å². The Morgan fingerprint density at radius 3 is 2.31 bits per heavy atom. The van der Waals surface area contributed by atoms with Crippen molar-refractivity contribution in [1.29, 1.82) is 0 Å². The smallest absolute Gasteiger partial charge is 0.302 e. The Kier molecular flexibility index (Phi) is 4.74. The molecule has 196 valence electrons. The third-order valence-corrected chi connectivity index (χ3v) is 14.3. The van der Waals surface area contributed by atoms with Crippen molar-refractivity contribution in [2.75, 3.05) is 0 Å². The molecule has 0 aromatic heterocycles. The highest BCUT2D eigenvalue weighted by Gasteiger charge is 2.82. The van der Waals surface area contributed by atoms with Gasteiger partial charge in [-0.2, -0.15) is 0 Å². The van der Waals surface area contributed by atoms with E-state index in [2.05, 4.69) is 61.5 Å². The molecule has 4 saturated carbocycles. The third-order valence-electron chi connectivity index (χ3n) is 14.3. The summed E-state index contributed by atoms with van der Waals surface area (Å²) in [6.07, 6.45) is 14.1. The molecule has 1 saturated heterocycles. The van der Waals surface area contributed by atoms with Crippen LogP contribution in [0.25, 0.3) is 0 Å². The van der Waals surface area contributed by atoms with Crippen LogP contribution in [0.5, 0.6) is 0 Å². The molecule has 5 aliphatic carbocycles. The van der Waals surface area contributed by atoms with Gasteiger partial charge in [-0.1, -0.05) is 67.9 Å². The molecule has 0 N–H and O–H groups in total. The molecular formula is C32H50O3. The highest BCUT2D eigenvalue weighted by atomic mass is 16.6. The molecule has 0 aromatic carbocycles. The van der Waals surface area contributed by atoms with Crippen molar-refractivity contribution < 1.29 is 14.3 Å². The van der Waals surface area contributed by atoms with Gasteiger partial charge in [-0.25, -0.2) is 0 Å². The molecular weight excluding hydrogens is 432 g/mol. The molecule has 0 bridgehead atoms. The second-order valence-electron chi connectivity index (χ2n) is 15.8. The van der Waals surface area contributed by atoms with Crippen LogP contribution in [0.15, 0.2) is 11.6 Å². The molecule has 1 spiro atoms. The molecule has 0 amide bonds. The number of rotatable bonds is 1. The molecule has 1 heterocycles. The van der Waals surface area contributed by atoms with E-state index in [4.69, 9.17) is 9.47 Å². The van der Waals surface area contributed by atoms with Gasteiger partial charge in [0.2, 0.25) is 0 Å². The van der Waals surface area contributed by atoms with Gasteiger partial charge < -0.3 is 9.47 Å². The maximum atomic E-state index is 11.9. The minimum Gasteiger partial charge on any atom is -0.462 e. The first-order valence-corrected chi connectivity index (χ1v) is 14.7. The second kappa shape index (κ2) is 6.78. The topological polar surface area (TPSA) is 38.8 Å². The first kappa shape index (κ1) is 24.5. The van der Waals surface area contributed by atoms with E-state index in [0.29, 0.717) is 22.9 Å². The molecule has 3 nitrogen and oxygen atoms in total. The first-order valence-electron chi connectivity index (χ1n) is 14.7. The SMILES string of the molecule is CC(=O)O[C@H]1CC[C@]2(C)C3=CC[C@@]4(C)[C@@H]5CCCC(C)(C)[C@@]5(C)CC[C@]4(C)[C@]34O[C@@H]4C[C@H]2C1(C)C. The van der Waals surface area contributed by atoms with Crippen molar-refractivity contribution in [3.63, 3.8) is 0 Å². The zero-order valence-electron chi connectivity index (χ0n) is 24.0. The van der Waals surface area contributed by atoms with Crippen LogP contribution in [0.3, 0.4) is 0 Å². The van der Waals surface area contributed by atoms with Crippen LogP contribution < -0.4 is 0 Å². The van der Waals surface area contributed by atoms with Crippen molar-refractivity contribution in [1.82, 2.24) is 0 Å². The van der Waals surface area contributed by atoms with E-state index >= 15 is 0 Å². The van der Waals surface area contributed by atoms with Crippen LogP contribution in [-0.4, -0.2) is 23.8 Å². The van der Waals surface area contributed by atoms with Gasteiger partial charge in [-0.3, -0.25) is 4.79 Å². The maximum Gasteiger partial charge on any atom is 0.302 e. The van der Waals surface area contributed by atoms with Crippen molar-refractivity contribution in [3.8, 4) is 0 Å². The van der Waals surface area contributed by atoms with Gasteiger partial charge in [0.05, 0.1) is 6.10 Å². The molecule has 6 aliphatic rings. The van der Waals surface area contributed by atoms with Crippen molar-refractivity contribution in [3.05, 3.63) is 11.6 Å². The van der Waals surface area contributed by atoms with E-state index < -0.39 is 0 Å². The quantitative estimate of drug-likeness (QED) is 0.217. The molecule has 1 aliphatic heterocycles. The Balaban J connectivity index is 1.43. The fraction of sp³-hybridized carbons (Fsp3) is 0.906. The number of allylic oxidation sites excluding steroid dienone is 1. The lowest BCUT2D eigenvalue weighted by Crippen LogP contribution is -2.68. The van der Waals surface area contributed by atoms with Crippen molar-refractivity contribution in [2.45, 2.75) is 138 Å². The summed E-state index contributed by atoms with van der Waals surface area (Å²) in [7, 11) is 0. The Hall–Kier alpha value is -0.830. The van der Waals surface area contributed by atoms with Gasteiger partial charge in [0.1, 0.15) is 11.7 Å². The molecule has 9 atom stereocenters. The Morgan fingerprint density at radius 1 is 0.914 bits per heavy atom. The van der Waals surface area contributed by atoms with E-state index in [1.54, 1.807) is 12.5 Å². The number of ether oxygens (including phenoxy) is 2. The molecule has 3 heteroatoms.